The van der Waals surface area contributed by atoms with Crippen molar-refractivity contribution in [3.63, 3.8) is 0 Å². The molecule has 0 amide bonds. The minimum atomic E-state index is 0.0316. The fourth-order valence-electron chi connectivity index (χ4n) is 6.79. The van der Waals surface area contributed by atoms with Crippen LogP contribution in [0.2, 0.25) is 0 Å². The number of hydrogen-bond acceptors (Lipinski definition) is 2. The number of ether oxygens (including phenoxy) is 1. The molecular weight excluding hydrogens is 548 g/mol. The monoisotopic (exact) mass is 635 g/mol. The highest BCUT2D eigenvalue weighted by Crippen LogP contribution is 2.16. The highest BCUT2D eigenvalue weighted by molar-refractivity contribution is 5.69. The van der Waals surface area contributed by atoms with Crippen LogP contribution in [0.15, 0.2) is 0 Å². The third-order valence-corrected chi connectivity index (χ3v) is 10.00. The van der Waals surface area contributed by atoms with Gasteiger partial charge < -0.3 is 4.74 Å². The Labute approximate surface area is 285 Å². The lowest BCUT2D eigenvalue weighted by molar-refractivity contribution is -0.143. The van der Waals surface area contributed by atoms with Gasteiger partial charge in [0, 0.05) is 6.42 Å². The van der Waals surface area contributed by atoms with E-state index < -0.39 is 0 Å². The van der Waals surface area contributed by atoms with E-state index >= 15 is 0 Å². The number of hydrogen-bond donors (Lipinski definition) is 0. The molecule has 270 valence electrons. The smallest absolute Gasteiger partial charge is 0.305 e. The highest BCUT2D eigenvalue weighted by Gasteiger charge is 2.03. The molecule has 0 aliphatic rings. The van der Waals surface area contributed by atoms with Gasteiger partial charge in [-0.25, -0.2) is 0 Å². The fourth-order valence-corrected chi connectivity index (χ4v) is 6.79. The molecule has 0 aliphatic heterocycles. The van der Waals surface area contributed by atoms with E-state index in [2.05, 4.69) is 13.8 Å². The average Bonchev–Trinajstić information content (AvgIpc) is 3.05. The summed E-state index contributed by atoms with van der Waals surface area (Å²) in [5.74, 6) is 0.0316. The standard InChI is InChI=1S/C43H86O2/c1-3-5-7-9-11-13-15-17-19-21-22-23-24-25-26-27-29-31-33-35-37-39-41-43(44)45-42-40-38-36-34-32-30-28-20-18-16-14-12-10-8-6-4-2/h3-42H2,1-2H3. The average molecular weight is 635 g/mol. The van der Waals surface area contributed by atoms with Gasteiger partial charge >= 0.3 is 5.97 Å². The van der Waals surface area contributed by atoms with Crippen LogP contribution in [0, 0.1) is 0 Å². The van der Waals surface area contributed by atoms with Crippen molar-refractivity contribution in [2.45, 2.75) is 264 Å². The molecule has 0 aliphatic carbocycles. The van der Waals surface area contributed by atoms with Crippen molar-refractivity contribution in [3.8, 4) is 0 Å². The van der Waals surface area contributed by atoms with Crippen molar-refractivity contribution in [3.05, 3.63) is 0 Å². The molecule has 0 bridgehead atoms. The largest absolute Gasteiger partial charge is 0.466 e. The molecule has 0 atom stereocenters. The molecule has 0 aromatic heterocycles. The molecule has 0 fully saturated rings. The fraction of sp³-hybridized carbons (Fsp3) is 0.977. The molecule has 2 nitrogen and oxygen atoms in total. The van der Waals surface area contributed by atoms with Gasteiger partial charge in [0.05, 0.1) is 6.61 Å². The van der Waals surface area contributed by atoms with E-state index in [-0.39, 0.29) is 5.97 Å². The van der Waals surface area contributed by atoms with Crippen LogP contribution < -0.4 is 0 Å². The molecule has 0 radical (unpaired) electrons. The van der Waals surface area contributed by atoms with Crippen molar-refractivity contribution < 1.29 is 9.53 Å². The third kappa shape index (κ3) is 41.4. The van der Waals surface area contributed by atoms with Gasteiger partial charge in [0.1, 0.15) is 0 Å². The van der Waals surface area contributed by atoms with Crippen LogP contribution in [0.1, 0.15) is 264 Å². The zero-order chi connectivity index (χ0) is 32.6. The Hall–Kier alpha value is -0.530. The van der Waals surface area contributed by atoms with Gasteiger partial charge in [-0.05, 0) is 12.8 Å². The summed E-state index contributed by atoms with van der Waals surface area (Å²) in [6, 6.07) is 0. The Morgan fingerprint density at radius 1 is 0.289 bits per heavy atom. The molecule has 0 saturated carbocycles. The van der Waals surface area contributed by atoms with E-state index in [0.717, 1.165) is 12.8 Å². The van der Waals surface area contributed by atoms with Crippen molar-refractivity contribution in [2.75, 3.05) is 6.61 Å². The quantitative estimate of drug-likeness (QED) is 0.0495. The second kappa shape index (κ2) is 41.5. The Morgan fingerprint density at radius 2 is 0.489 bits per heavy atom. The number of esters is 1. The Bertz CT molecular complexity index is 530. The summed E-state index contributed by atoms with van der Waals surface area (Å²) in [5.41, 5.74) is 0. The predicted octanol–water partition coefficient (Wildman–Crippen LogP) is 15.8. The summed E-state index contributed by atoms with van der Waals surface area (Å²) in [4.78, 5) is 12.0. The van der Waals surface area contributed by atoms with Crippen LogP contribution in [0.3, 0.4) is 0 Å². The number of unbranched alkanes of at least 4 members (excludes halogenated alkanes) is 36. The number of carbonyl (C=O) groups is 1. The van der Waals surface area contributed by atoms with Crippen molar-refractivity contribution in [1.29, 1.82) is 0 Å². The summed E-state index contributed by atoms with van der Waals surface area (Å²) >= 11 is 0. The molecule has 0 N–H and O–H groups in total. The Kier molecular flexibility index (Phi) is 41.0. The molecule has 0 aromatic carbocycles. The lowest BCUT2D eigenvalue weighted by Crippen LogP contribution is -2.05. The summed E-state index contributed by atoms with van der Waals surface area (Å²) in [5, 5.41) is 0. The van der Waals surface area contributed by atoms with Gasteiger partial charge in [-0.15, -0.1) is 0 Å². The van der Waals surface area contributed by atoms with Crippen LogP contribution in [0.4, 0.5) is 0 Å². The molecule has 45 heavy (non-hydrogen) atoms. The van der Waals surface area contributed by atoms with Crippen LogP contribution in [-0.4, -0.2) is 12.6 Å². The molecule has 0 rings (SSSR count). The zero-order valence-electron chi connectivity index (χ0n) is 31.6. The lowest BCUT2D eigenvalue weighted by Gasteiger charge is -2.06. The first-order chi connectivity index (χ1) is 22.3. The van der Waals surface area contributed by atoms with Gasteiger partial charge in [0.15, 0.2) is 0 Å². The maximum absolute atomic E-state index is 12.0. The van der Waals surface area contributed by atoms with Gasteiger partial charge in [-0.3, -0.25) is 4.79 Å². The lowest BCUT2D eigenvalue weighted by atomic mass is 10.0. The van der Waals surface area contributed by atoms with Crippen molar-refractivity contribution in [1.82, 2.24) is 0 Å². The van der Waals surface area contributed by atoms with Crippen LogP contribution in [-0.2, 0) is 9.53 Å². The van der Waals surface area contributed by atoms with Gasteiger partial charge in [-0.1, -0.05) is 245 Å². The normalized spacial score (nSPS) is 11.4. The second-order valence-corrected chi connectivity index (χ2v) is 14.7. The van der Waals surface area contributed by atoms with E-state index in [1.807, 2.05) is 0 Å². The Balaban J connectivity index is 3.14. The molecule has 0 unspecified atom stereocenters. The molecule has 2 heteroatoms. The van der Waals surface area contributed by atoms with Crippen molar-refractivity contribution >= 4 is 5.97 Å². The maximum Gasteiger partial charge on any atom is 0.305 e. The molecule has 0 spiro atoms. The first kappa shape index (κ1) is 44.5. The van der Waals surface area contributed by atoms with E-state index in [0.29, 0.717) is 13.0 Å². The van der Waals surface area contributed by atoms with Crippen LogP contribution in [0.25, 0.3) is 0 Å². The summed E-state index contributed by atoms with van der Waals surface area (Å²) in [6.07, 6.45) is 53.4. The van der Waals surface area contributed by atoms with Gasteiger partial charge in [-0.2, -0.15) is 0 Å². The van der Waals surface area contributed by atoms with Crippen LogP contribution >= 0.6 is 0 Å². The summed E-state index contributed by atoms with van der Waals surface area (Å²) < 4.78 is 5.47. The minimum Gasteiger partial charge on any atom is -0.466 e. The topological polar surface area (TPSA) is 26.3 Å². The maximum atomic E-state index is 12.0. The molecule has 0 aromatic rings. The third-order valence-electron chi connectivity index (χ3n) is 10.00. The summed E-state index contributed by atoms with van der Waals surface area (Å²) in [7, 11) is 0. The van der Waals surface area contributed by atoms with E-state index in [1.54, 1.807) is 0 Å². The summed E-state index contributed by atoms with van der Waals surface area (Å²) in [6.45, 7) is 5.23. The van der Waals surface area contributed by atoms with Crippen molar-refractivity contribution in [2.24, 2.45) is 0 Å². The minimum absolute atomic E-state index is 0.0316. The SMILES string of the molecule is CCCCCCCCCCCCCCCCCCCCCCCCC(=O)OCCCCCCCCCCCCCCCCCC. The first-order valence-corrected chi connectivity index (χ1v) is 21.5. The highest BCUT2D eigenvalue weighted by atomic mass is 16.5. The Morgan fingerprint density at radius 3 is 0.733 bits per heavy atom. The number of carbonyl (C=O) groups excluding carboxylic acids is 1. The van der Waals surface area contributed by atoms with Gasteiger partial charge in [0.2, 0.25) is 0 Å². The molecule has 0 saturated heterocycles. The predicted molar refractivity (Wildman–Crippen MR) is 202 cm³/mol. The van der Waals surface area contributed by atoms with E-state index in [4.69, 9.17) is 4.74 Å². The molecular formula is C43H86O2. The second-order valence-electron chi connectivity index (χ2n) is 14.7. The van der Waals surface area contributed by atoms with E-state index in [1.165, 1.54) is 231 Å². The first-order valence-electron chi connectivity index (χ1n) is 21.5. The number of rotatable bonds is 40. The van der Waals surface area contributed by atoms with Gasteiger partial charge in [0.25, 0.3) is 0 Å². The van der Waals surface area contributed by atoms with Crippen LogP contribution in [0.5, 0.6) is 0 Å². The molecule has 0 heterocycles. The van der Waals surface area contributed by atoms with E-state index in [9.17, 15) is 4.79 Å². The zero-order valence-corrected chi connectivity index (χ0v) is 31.6.